The molecule has 0 bridgehead atoms. The highest BCUT2D eigenvalue weighted by atomic mass is 19.1. The third-order valence-electron chi connectivity index (χ3n) is 6.27. The molecule has 194 valence electrons. The van der Waals surface area contributed by atoms with E-state index in [1.807, 2.05) is 0 Å². The first-order chi connectivity index (χ1) is 17.7. The van der Waals surface area contributed by atoms with Gasteiger partial charge in [-0.2, -0.15) is 0 Å². The van der Waals surface area contributed by atoms with Crippen molar-refractivity contribution < 1.29 is 28.6 Å². The van der Waals surface area contributed by atoms with E-state index in [1.54, 1.807) is 58.5 Å². The van der Waals surface area contributed by atoms with E-state index in [0.29, 0.717) is 49.5 Å². The second kappa shape index (κ2) is 10.7. The third kappa shape index (κ3) is 5.25. The van der Waals surface area contributed by atoms with Gasteiger partial charge in [-0.05, 0) is 50.2 Å². The molecule has 0 radical (unpaired) electrons. The molecular formula is C26H27FN4O6. The van der Waals surface area contributed by atoms with Crippen LogP contribution in [0, 0.1) is 5.82 Å². The number of halogens is 1. The van der Waals surface area contributed by atoms with E-state index in [2.05, 4.69) is 5.32 Å². The molecule has 1 aromatic heterocycles. The summed E-state index contributed by atoms with van der Waals surface area (Å²) in [5.74, 6) is -2.42. The van der Waals surface area contributed by atoms with Gasteiger partial charge in [0.1, 0.15) is 11.4 Å². The number of amides is 2. The van der Waals surface area contributed by atoms with Gasteiger partial charge in [-0.3, -0.25) is 4.79 Å². The monoisotopic (exact) mass is 510 g/mol. The minimum Gasteiger partial charge on any atom is -0.477 e. The highest BCUT2D eigenvalue weighted by Crippen LogP contribution is 2.26. The van der Waals surface area contributed by atoms with Crippen LogP contribution in [-0.4, -0.2) is 65.3 Å². The fourth-order valence-electron chi connectivity index (χ4n) is 4.31. The van der Waals surface area contributed by atoms with Gasteiger partial charge >= 0.3 is 18.0 Å². The van der Waals surface area contributed by atoms with Crippen LogP contribution in [0.25, 0.3) is 10.9 Å². The molecular weight excluding hydrogens is 483 g/mol. The number of anilines is 2. The molecule has 2 amide bonds. The number of carbonyl (C=O) groups excluding carboxylic acids is 2. The lowest BCUT2D eigenvalue weighted by Crippen LogP contribution is -2.50. The van der Waals surface area contributed by atoms with Gasteiger partial charge in [0.2, 0.25) is 5.43 Å². The maximum absolute atomic E-state index is 15.1. The molecule has 11 heteroatoms. The molecule has 37 heavy (non-hydrogen) atoms. The van der Waals surface area contributed by atoms with Gasteiger partial charge in [0.25, 0.3) is 0 Å². The van der Waals surface area contributed by atoms with E-state index < -0.39 is 28.7 Å². The SMILES string of the molecule is CCOC(=O)c1ccc(NC(=O)N2CCN(c3cc4c(cc3F)c(=O)c(C(=O)O)cn4CC)CC2)cc1. The van der Waals surface area contributed by atoms with Crippen LogP contribution in [0.5, 0.6) is 0 Å². The van der Waals surface area contributed by atoms with Crippen LogP contribution < -0.4 is 15.6 Å². The third-order valence-corrected chi connectivity index (χ3v) is 6.27. The van der Waals surface area contributed by atoms with E-state index in [1.165, 1.54) is 6.20 Å². The lowest BCUT2D eigenvalue weighted by molar-refractivity contribution is 0.0525. The van der Waals surface area contributed by atoms with Gasteiger partial charge < -0.3 is 29.5 Å². The Hall–Kier alpha value is -4.41. The number of benzene rings is 2. The number of carboxylic acids is 1. The number of carboxylic acid groups (broad SMARTS) is 1. The number of pyridine rings is 1. The van der Waals surface area contributed by atoms with Crippen molar-refractivity contribution in [3.05, 3.63) is 69.8 Å². The zero-order valence-corrected chi connectivity index (χ0v) is 20.5. The van der Waals surface area contributed by atoms with E-state index in [0.717, 1.165) is 6.07 Å². The Morgan fingerprint density at radius 2 is 1.73 bits per heavy atom. The normalized spacial score (nSPS) is 13.5. The number of piperazine rings is 1. The lowest BCUT2D eigenvalue weighted by atomic mass is 10.1. The number of nitrogens with one attached hydrogen (secondary N) is 1. The predicted octanol–water partition coefficient (Wildman–Crippen LogP) is 3.39. The van der Waals surface area contributed by atoms with E-state index in [-0.39, 0.29) is 23.7 Å². The van der Waals surface area contributed by atoms with Crippen molar-refractivity contribution in [2.75, 3.05) is 43.0 Å². The Balaban J connectivity index is 1.46. The first kappa shape index (κ1) is 25.7. The van der Waals surface area contributed by atoms with Gasteiger partial charge in [0, 0.05) is 50.0 Å². The van der Waals surface area contributed by atoms with Gasteiger partial charge in [0.15, 0.2) is 0 Å². The fraction of sp³-hybridized carbons (Fsp3) is 0.308. The van der Waals surface area contributed by atoms with Crippen molar-refractivity contribution in [1.29, 1.82) is 0 Å². The van der Waals surface area contributed by atoms with Crippen molar-refractivity contribution in [2.45, 2.75) is 20.4 Å². The van der Waals surface area contributed by atoms with Crippen molar-refractivity contribution >= 4 is 40.2 Å². The summed E-state index contributed by atoms with van der Waals surface area (Å²) in [6.07, 6.45) is 1.27. The summed E-state index contributed by atoms with van der Waals surface area (Å²) in [5.41, 5.74) is 0.510. The van der Waals surface area contributed by atoms with Gasteiger partial charge in [-0.1, -0.05) is 0 Å². The number of aromatic nitrogens is 1. The zero-order valence-electron chi connectivity index (χ0n) is 20.5. The number of urea groups is 1. The van der Waals surface area contributed by atoms with E-state index in [9.17, 15) is 24.3 Å². The highest BCUT2D eigenvalue weighted by Gasteiger charge is 2.25. The lowest BCUT2D eigenvalue weighted by Gasteiger charge is -2.36. The van der Waals surface area contributed by atoms with Crippen LogP contribution in [0.15, 0.2) is 47.4 Å². The summed E-state index contributed by atoms with van der Waals surface area (Å²) in [6, 6.07) is 8.71. The number of ether oxygens (including phenoxy) is 1. The smallest absolute Gasteiger partial charge is 0.341 e. The molecule has 1 saturated heterocycles. The number of nitrogens with zero attached hydrogens (tertiary/aromatic N) is 3. The van der Waals surface area contributed by atoms with Crippen molar-refractivity contribution in [3.8, 4) is 0 Å². The molecule has 4 rings (SSSR count). The largest absolute Gasteiger partial charge is 0.477 e. The second-order valence-electron chi connectivity index (χ2n) is 8.49. The molecule has 2 heterocycles. The summed E-state index contributed by atoms with van der Waals surface area (Å²) in [6.45, 7) is 5.60. The molecule has 0 atom stereocenters. The maximum Gasteiger partial charge on any atom is 0.341 e. The van der Waals surface area contributed by atoms with Crippen LogP contribution >= 0.6 is 0 Å². The molecule has 0 aliphatic carbocycles. The Bertz CT molecular complexity index is 1410. The van der Waals surface area contributed by atoms with E-state index in [4.69, 9.17) is 4.74 Å². The standard InChI is InChI=1S/C26H27FN4O6/c1-3-29-15-19(24(33)34)23(32)18-13-20(27)22(14-21(18)29)30-9-11-31(12-10-30)26(36)28-17-7-5-16(6-8-17)25(35)37-4-2/h5-8,13-15H,3-4,9-12H2,1-2H3,(H,28,36)(H,33,34). The molecule has 0 unspecified atom stereocenters. The number of hydrogen-bond donors (Lipinski definition) is 2. The van der Waals surface area contributed by atoms with Gasteiger partial charge in [0.05, 0.1) is 23.4 Å². The van der Waals surface area contributed by atoms with Gasteiger partial charge in [-0.25, -0.2) is 18.8 Å². The second-order valence-corrected chi connectivity index (χ2v) is 8.49. The molecule has 2 N–H and O–H groups in total. The molecule has 3 aromatic rings. The summed E-state index contributed by atoms with van der Waals surface area (Å²) < 4.78 is 21.6. The average molecular weight is 511 g/mol. The van der Waals surface area contributed by atoms with Crippen LogP contribution in [0.4, 0.5) is 20.6 Å². The highest BCUT2D eigenvalue weighted by molar-refractivity contribution is 5.94. The van der Waals surface area contributed by atoms with Gasteiger partial charge in [-0.15, -0.1) is 0 Å². The van der Waals surface area contributed by atoms with Crippen molar-refractivity contribution in [1.82, 2.24) is 9.47 Å². The van der Waals surface area contributed by atoms with E-state index >= 15 is 4.39 Å². The summed E-state index contributed by atoms with van der Waals surface area (Å²) in [4.78, 5) is 51.9. The molecule has 2 aromatic carbocycles. The Kier molecular flexibility index (Phi) is 7.42. The summed E-state index contributed by atoms with van der Waals surface area (Å²) in [7, 11) is 0. The van der Waals surface area contributed by atoms with Crippen LogP contribution in [0.1, 0.15) is 34.6 Å². The molecule has 0 spiro atoms. The number of carbonyl (C=O) groups is 3. The Morgan fingerprint density at radius 1 is 1.05 bits per heavy atom. The summed E-state index contributed by atoms with van der Waals surface area (Å²) >= 11 is 0. The number of esters is 1. The number of fused-ring (bicyclic) bond motifs is 1. The summed E-state index contributed by atoms with van der Waals surface area (Å²) in [5, 5.41) is 12.1. The molecule has 1 aliphatic heterocycles. The van der Waals surface area contributed by atoms with Crippen molar-refractivity contribution in [3.63, 3.8) is 0 Å². The minimum absolute atomic E-state index is 0.00925. The topological polar surface area (TPSA) is 121 Å². The van der Waals surface area contributed by atoms with Crippen molar-refractivity contribution in [2.24, 2.45) is 0 Å². The first-order valence-corrected chi connectivity index (χ1v) is 11.9. The Morgan fingerprint density at radius 3 is 2.32 bits per heavy atom. The fourth-order valence-corrected chi connectivity index (χ4v) is 4.31. The minimum atomic E-state index is -1.36. The number of aromatic carboxylic acids is 1. The Labute approximate surface area is 211 Å². The molecule has 1 aliphatic rings. The first-order valence-electron chi connectivity index (χ1n) is 11.9. The number of hydrogen-bond acceptors (Lipinski definition) is 6. The molecule has 10 nitrogen and oxygen atoms in total. The van der Waals surface area contributed by atoms with Crippen LogP contribution in [0.2, 0.25) is 0 Å². The zero-order chi connectivity index (χ0) is 26.7. The quantitative estimate of drug-likeness (QED) is 0.488. The molecule has 1 fully saturated rings. The number of aryl methyl sites for hydroxylation is 1. The molecule has 0 saturated carbocycles. The number of rotatable bonds is 6. The van der Waals surface area contributed by atoms with Crippen LogP contribution in [0.3, 0.4) is 0 Å². The maximum atomic E-state index is 15.1. The van der Waals surface area contributed by atoms with Crippen LogP contribution in [-0.2, 0) is 11.3 Å². The predicted molar refractivity (Wildman–Crippen MR) is 136 cm³/mol. The average Bonchev–Trinajstić information content (AvgIpc) is 2.89.